The molecule has 1 aliphatic rings. The largest absolute Gasteiger partial charge is 0.494 e. The number of hydrogen-bond donors (Lipinski definition) is 1. The summed E-state index contributed by atoms with van der Waals surface area (Å²) in [5.41, 5.74) is 4.09. The number of nitrogens with zero attached hydrogens (tertiary/aromatic N) is 2. The monoisotopic (exact) mass is 393 g/mol. The number of benzene rings is 2. The Kier molecular flexibility index (Phi) is 5.60. The zero-order chi connectivity index (χ0) is 20.2. The standard InChI is InChI=1S/C23H24FN3O2/c1-29-22-11-10-17(12-19(22)24)13-23(28)26-20-8-5-9-21-18(20)14-25-27(21)15-16-6-3-2-4-7-16/h2-4,6-7,10-12,14,20H,5,8-9,13,15H2,1H3,(H,26,28). The van der Waals surface area contributed by atoms with Crippen molar-refractivity contribution >= 4 is 5.91 Å². The van der Waals surface area contributed by atoms with Crippen LogP contribution in [-0.4, -0.2) is 22.8 Å². The van der Waals surface area contributed by atoms with Crippen LogP contribution in [0.15, 0.2) is 54.7 Å². The van der Waals surface area contributed by atoms with E-state index in [1.807, 2.05) is 29.1 Å². The molecule has 0 spiro atoms. The first-order chi connectivity index (χ1) is 14.1. The summed E-state index contributed by atoms with van der Waals surface area (Å²) < 4.78 is 20.8. The molecule has 1 unspecified atom stereocenters. The van der Waals surface area contributed by atoms with Crippen molar-refractivity contribution in [1.29, 1.82) is 0 Å². The number of carbonyl (C=O) groups excluding carboxylic acids is 1. The van der Waals surface area contributed by atoms with Crippen molar-refractivity contribution in [3.05, 3.63) is 82.9 Å². The van der Waals surface area contributed by atoms with Gasteiger partial charge in [-0.25, -0.2) is 4.39 Å². The summed E-state index contributed by atoms with van der Waals surface area (Å²) >= 11 is 0. The van der Waals surface area contributed by atoms with E-state index in [-0.39, 0.29) is 24.1 Å². The van der Waals surface area contributed by atoms with E-state index in [4.69, 9.17) is 4.74 Å². The topological polar surface area (TPSA) is 56.1 Å². The Morgan fingerprint density at radius 3 is 2.83 bits per heavy atom. The summed E-state index contributed by atoms with van der Waals surface area (Å²) in [5, 5.41) is 7.67. The molecule has 1 N–H and O–H groups in total. The molecule has 3 aromatic rings. The predicted octanol–water partition coefficient (Wildman–Crippen LogP) is 3.82. The molecular formula is C23H24FN3O2. The molecule has 1 atom stereocenters. The predicted molar refractivity (Wildman–Crippen MR) is 108 cm³/mol. The number of halogens is 1. The molecule has 29 heavy (non-hydrogen) atoms. The van der Waals surface area contributed by atoms with E-state index in [0.717, 1.165) is 31.4 Å². The first kappa shape index (κ1) is 19.2. The molecule has 1 aromatic heterocycles. The average molecular weight is 393 g/mol. The molecule has 0 fully saturated rings. The highest BCUT2D eigenvalue weighted by Crippen LogP contribution is 2.30. The van der Waals surface area contributed by atoms with Gasteiger partial charge in [-0.1, -0.05) is 36.4 Å². The molecule has 0 saturated heterocycles. The minimum atomic E-state index is -0.458. The van der Waals surface area contributed by atoms with E-state index in [2.05, 4.69) is 22.5 Å². The maximum Gasteiger partial charge on any atom is 0.224 e. The van der Waals surface area contributed by atoms with Gasteiger partial charge in [-0.15, -0.1) is 0 Å². The number of ether oxygens (including phenoxy) is 1. The SMILES string of the molecule is COc1ccc(CC(=O)NC2CCCc3c2cnn3Cc2ccccc2)cc1F. The number of fused-ring (bicyclic) bond motifs is 1. The summed E-state index contributed by atoms with van der Waals surface area (Å²) in [6, 6.07) is 14.8. The van der Waals surface area contributed by atoms with Crippen LogP contribution in [0.25, 0.3) is 0 Å². The van der Waals surface area contributed by atoms with Gasteiger partial charge in [0.2, 0.25) is 5.91 Å². The van der Waals surface area contributed by atoms with E-state index in [9.17, 15) is 9.18 Å². The van der Waals surface area contributed by atoms with Crippen LogP contribution in [0.4, 0.5) is 4.39 Å². The van der Waals surface area contributed by atoms with E-state index >= 15 is 0 Å². The van der Waals surface area contributed by atoms with Crippen LogP contribution < -0.4 is 10.1 Å². The highest BCUT2D eigenvalue weighted by atomic mass is 19.1. The Morgan fingerprint density at radius 2 is 2.07 bits per heavy atom. The van der Waals surface area contributed by atoms with Gasteiger partial charge in [0.1, 0.15) is 0 Å². The molecule has 1 heterocycles. The van der Waals surface area contributed by atoms with Crippen molar-refractivity contribution in [1.82, 2.24) is 15.1 Å². The molecule has 2 aromatic carbocycles. The highest BCUT2D eigenvalue weighted by Gasteiger charge is 2.25. The van der Waals surface area contributed by atoms with Gasteiger partial charge in [-0.05, 0) is 42.5 Å². The van der Waals surface area contributed by atoms with Crippen molar-refractivity contribution in [2.75, 3.05) is 7.11 Å². The quantitative estimate of drug-likeness (QED) is 0.693. The van der Waals surface area contributed by atoms with Crippen molar-refractivity contribution in [3.63, 3.8) is 0 Å². The minimum Gasteiger partial charge on any atom is -0.494 e. The van der Waals surface area contributed by atoms with Crippen LogP contribution in [0.3, 0.4) is 0 Å². The Balaban J connectivity index is 1.44. The van der Waals surface area contributed by atoms with Gasteiger partial charge in [0, 0.05) is 11.3 Å². The summed E-state index contributed by atoms with van der Waals surface area (Å²) in [6.07, 6.45) is 4.83. The number of hydrogen-bond acceptors (Lipinski definition) is 3. The molecule has 0 saturated carbocycles. The number of amides is 1. The van der Waals surface area contributed by atoms with E-state index in [0.29, 0.717) is 5.56 Å². The maximum atomic E-state index is 13.9. The third kappa shape index (κ3) is 4.31. The molecule has 6 heteroatoms. The Bertz CT molecular complexity index is 1000. The van der Waals surface area contributed by atoms with Crippen LogP contribution >= 0.6 is 0 Å². The highest BCUT2D eigenvalue weighted by molar-refractivity contribution is 5.79. The normalized spacial score (nSPS) is 15.6. The van der Waals surface area contributed by atoms with Gasteiger partial charge >= 0.3 is 0 Å². The Labute approximate surface area is 169 Å². The van der Waals surface area contributed by atoms with Crippen LogP contribution in [-0.2, 0) is 24.2 Å². The molecule has 4 rings (SSSR count). The molecule has 150 valence electrons. The number of nitrogens with one attached hydrogen (secondary N) is 1. The van der Waals surface area contributed by atoms with Crippen molar-refractivity contribution in [2.45, 2.75) is 38.3 Å². The van der Waals surface area contributed by atoms with Crippen LogP contribution in [0.1, 0.15) is 41.3 Å². The third-order valence-electron chi connectivity index (χ3n) is 5.35. The lowest BCUT2D eigenvalue weighted by molar-refractivity contribution is -0.121. The lowest BCUT2D eigenvalue weighted by atomic mass is 9.92. The lowest BCUT2D eigenvalue weighted by Crippen LogP contribution is -2.32. The first-order valence-electron chi connectivity index (χ1n) is 9.84. The fourth-order valence-electron chi connectivity index (χ4n) is 3.91. The van der Waals surface area contributed by atoms with Crippen molar-refractivity contribution in [3.8, 4) is 5.75 Å². The Hall–Kier alpha value is -3.15. The molecule has 1 aliphatic carbocycles. The average Bonchev–Trinajstić information content (AvgIpc) is 3.13. The van der Waals surface area contributed by atoms with E-state index in [1.54, 1.807) is 12.1 Å². The fraction of sp³-hybridized carbons (Fsp3) is 0.304. The zero-order valence-electron chi connectivity index (χ0n) is 16.4. The number of aromatic nitrogens is 2. The summed E-state index contributed by atoms with van der Waals surface area (Å²) in [4.78, 5) is 12.6. The second-order valence-corrected chi connectivity index (χ2v) is 7.35. The summed E-state index contributed by atoms with van der Waals surface area (Å²) in [7, 11) is 1.42. The smallest absolute Gasteiger partial charge is 0.224 e. The van der Waals surface area contributed by atoms with Crippen molar-refractivity contribution < 1.29 is 13.9 Å². The van der Waals surface area contributed by atoms with E-state index in [1.165, 1.54) is 24.4 Å². The molecule has 0 radical (unpaired) electrons. The van der Waals surface area contributed by atoms with Gasteiger partial charge in [-0.2, -0.15) is 5.10 Å². The lowest BCUT2D eigenvalue weighted by Gasteiger charge is -2.24. The second kappa shape index (κ2) is 8.47. The van der Waals surface area contributed by atoms with Gasteiger partial charge in [0.25, 0.3) is 0 Å². The number of methoxy groups -OCH3 is 1. The van der Waals surface area contributed by atoms with Gasteiger partial charge in [0.15, 0.2) is 11.6 Å². The molecule has 1 amide bonds. The maximum absolute atomic E-state index is 13.9. The van der Waals surface area contributed by atoms with Crippen LogP contribution in [0.5, 0.6) is 5.75 Å². The number of rotatable bonds is 6. The second-order valence-electron chi connectivity index (χ2n) is 7.35. The van der Waals surface area contributed by atoms with E-state index < -0.39 is 5.82 Å². The Morgan fingerprint density at radius 1 is 1.24 bits per heavy atom. The van der Waals surface area contributed by atoms with Crippen molar-refractivity contribution in [2.24, 2.45) is 0 Å². The fourth-order valence-corrected chi connectivity index (χ4v) is 3.91. The number of carbonyl (C=O) groups is 1. The van der Waals surface area contributed by atoms with Gasteiger partial charge < -0.3 is 10.1 Å². The van der Waals surface area contributed by atoms with Crippen LogP contribution in [0.2, 0.25) is 0 Å². The van der Waals surface area contributed by atoms with Crippen LogP contribution in [0, 0.1) is 5.82 Å². The molecule has 0 bridgehead atoms. The minimum absolute atomic E-state index is 0.0566. The summed E-state index contributed by atoms with van der Waals surface area (Å²) in [5.74, 6) is -0.403. The first-order valence-corrected chi connectivity index (χ1v) is 9.84. The summed E-state index contributed by atoms with van der Waals surface area (Å²) in [6.45, 7) is 0.724. The van der Waals surface area contributed by atoms with Gasteiger partial charge in [-0.3, -0.25) is 9.48 Å². The molecule has 0 aliphatic heterocycles. The molecule has 5 nitrogen and oxygen atoms in total. The third-order valence-corrected chi connectivity index (χ3v) is 5.35. The molecular weight excluding hydrogens is 369 g/mol. The van der Waals surface area contributed by atoms with Gasteiger partial charge in [0.05, 0.1) is 32.3 Å². The zero-order valence-corrected chi connectivity index (χ0v) is 16.4.